The minimum absolute atomic E-state index is 0.279. The molecule has 0 amide bonds. The lowest BCUT2D eigenvalue weighted by Crippen LogP contribution is -2.22. The van der Waals surface area contributed by atoms with Crippen LogP contribution in [-0.4, -0.2) is 41.8 Å². The Hall–Kier alpha value is -1.36. The van der Waals surface area contributed by atoms with E-state index < -0.39 is 0 Å². The SMILES string of the molecule is CCNc1nc(CC)nc(N(C)CCCCCO)c1C. The molecule has 1 rings (SSSR count). The van der Waals surface area contributed by atoms with E-state index in [-0.39, 0.29) is 6.61 Å². The Morgan fingerprint density at radius 1 is 1.15 bits per heavy atom. The van der Waals surface area contributed by atoms with Gasteiger partial charge in [0.1, 0.15) is 17.5 Å². The molecule has 0 saturated carbocycles. The van der Waals surface area contributed by atoms with Crippen LogP contribution in [0, 0.1) is 6.92 Å². The minimum Gasteiger partial charge on any atom is -0.396 e. The molecule has 114 valence electrons. The lowest BCUT2D eigenvalue weighted by atomic mass is 10.2. The van der Waals surface area contributed by atoms with Crippen LogP contribution in [0.2, 0.25) is 0 Å². The summed E-state index contributed by atoms with van der Waals surface area (Å²) >= 11 is 0. The van der Waals surface area contributed by atoms with Crippen LogP contribution < -0.4 is 10.2 Å². The van der Waals surface area contributed by atoms with E-state index in [2.05, 4.69) is 48.0 Å². The average Bonchev–Trinajstić information content (AvgIpc) is 2.45. The number of aromatic nitrogens is 2. The first-order valence-electron chi connectivity index (χ1n) is 7.57. The Kier molecular flexibility index (Phi) is 7.30. The van der Waals surface area contributed by atoms with Gasteiger partial charge in [-0.25, -0.2) is 9.97 Å². The molecule has 0 bridgehead atoms. The highest BCUT2D eigenvalue weighted by Crippen LogP contribution is 2.23. The fourth-order valence-corrected chi connectivity index (χ4v) is 2.16. The number of aliphatic hydroxyl groups is 1. The highest BCUT2D eigenvalue weighted by Gasteiger charge is 2.13. The van der Waals surface area contributed by atoms with E-state index in [9.17, 15) is 0 Å². The van der Waals surface area contributed by atoms with Gasteiger partial charge in [-0.05, 0) is 33.1 Å². The Labute approximate surface area is 122 Å². The van der Waals surface area contributed by atoms with Crippen LogP contribution in [0.1, 0.15) is 44.5 Å². The highest BCUT2D eigenvalue weighted by atomic mass is 16.2. The monoisotopic (exact) mass is 280 g/mol. The molecule has 0 radical (unpaired) electrons. The number of nitrogens with one attached hydrogen (secondary N) is 1. The number of rotatable bonds is 9. The second-order valence-electron chi connectivity index (χ2n) is 5.03. The van der Waals surface area contributed by atoms with E-state index in [4.69, 9.17) is 5.11 Å². The summed E-state index contributed by atoms with van der Waals surface area (Å²) < 4.78 is 0. The molecule has 0 unspecified atom stereocenters. The summed E-state index contributed by atoms with van der Waals surface area (Å²) in [5, 5.41) is 12.1. The molecule has 0 atom stereocenters. The van der Waals surface area contributed by atoms with Crippen molar-refractivity contribution in [2.75, 3.05) is 37.0 Å². The van der Waals surface area contributed by atoms with E-state index in [1.165, 1.54) is 0 Å². The number of anilines is 2. The quantitative estimate of drug-likeness (QED) is 0.680. The fraction of sp³-hybridized carbons (Fsp3) is 0.733. The zero-order valence-corrected chi connectivity index (χ0v) is 13.2. The molecule has 20 heavy (non-hydrogen) atoms. The van der Waals surface area contributed by atoms with Gasteiger partial charge in [-0.15, -0.1) is 0 Å². The number of unbranched alkanes of at least 4 members (excludes halogenated alkanes) is 2. The van der Waals surface area contributed by atoms with E-state index in [0.717, 1.165) is 61.8 Å². The van der Waals surface area contributed by atoms with Crippen molar-refractivity contribution in [2.24, 2.45) is 0 Å². The normalized spacial score (nSPS) is 10.7. The van der Waals surface area contributed by atoms with Gasteiger partial charge >= 0.3 is 0 Å². The van der Waals surface area contributed by atoms with Crippen LogP contribution in [-0.2, 0) is 6.42 Å². The second-order valence-corrected chi connectivity index (χ2v) is 5.03. The van der Waals surface area contributed by atoms with E-state index in [1.54, 1.807) is 0 Å². The second kappa shape index (κ2) is 8.74. The smallest absolute Gasteiger partial charge is 0.137 e. The number of hydrogen-bond donors (Lipinski definition) is 2. The van der Waals surface area contributed by atoms with Gasteiger partial charge in [-0.2, -0.15) is 0 Å². The van der Waals surface area contributed by atoms with Crippen LogP contribution >= 0.6 is 0 Å². The molecule has 5 nitrogen and oxygen atoms in total. The van der Waals surface area contributed by atoms with Crippen LogP contribution in [0.15, 0.2) is 0 Å². The highest BCUT2D eigenvalue weighted by molar-refractivity contribution is 5.58. The lowest BCUT2D eigenvalue weighted by molar-refractivity contribution is 0.283. The van der Waals surface area contributed by atoms with Crippen molar-refractivity contribution in [1.29, 1.82) is 0 Å². The zero-order valence-electron chi connectivity index (χ0n) is 13.2. The fourth-order valence-electron chi connectivity index (χ4n) is 2.16. The van der Waals surface area contributed by atoms with E-state index in [1.807, 2.05) is 0 Å². The summed E-state index contributed by atoms with van der Waals surface area (Å²) in [7, 11) is 2.07. The molecule has 0 aliphatic carbocycles. The Bertz CT molecular complexity index is 409. The number of hydrogen-bond acceptors (Lipinski definition) is 5. The maximum atomic E-state index is 8.81. The Morgan fingerprint density at radius 3 is 2.50 bits per heavy atom. The lowest BCUT2D eigenvalue weighted by Gasteiger charge is -2.22. The molecule has 0 fully saturated rings. The van der Waals surface area contributed by atoms with Crippen molar-refractivity contribution in [2.45, 2.75) is 46.5 Å². The zero-order chi connectivity index (χ0) is 15.0. The molecule has 5 heteroatoms. The van der Waals surface area contributed by atoms with Crippen molar-refractivity contribution >= 4 is 11.6 Å². The first-order chi connectivity index (χ1) is 9.63. The van der Waals surface area contributed by atoms with Gasteiger partial charge in [0.2, 0.25) is 0 Å². The molecule has 1 heterocycles. The molecule has 0 spiro atoms. The molecule has 0 aromatic carbocycles. The number of nitrogens with zero attached hydrogens (tertiary/aromatic N) is 3. The molecular formula is C15H28N4O. The first kappa shape index (κ1) is 16.7. The largest absolute Gasteiger partial charge is 0.396 e. The molecule has 2 N–H and O–H groups in total. The van der Waals surface area contributed by atoms with Gasteiger partial charge in [0.25, 0.3) is 0 Å². The van der Waals surface area contributed by atoms with Gasteiger partial charge in [-0.3, -0.25) is 0 Å². The number of aryl methyl sites for hydroxylation is 1. The van der Waals surface area contributed by atoms with Gasteiger partial charge < -0.3 is 15.3 Å². The first-order valence-corrected chi connectivity index (χ1v) is 7.57. The van der Waals surface area contributed by atoms with Crippen LogP contribution in [0.25, 0.3) is 0 Å². The maximum absolute atomic E-state index is 8.81. The van der Waals surface area contributed by atoms with Crippen molar-refractivity contribution in [1.82, 2.24) is 9.97 Å². The molecule has 1 aromatic rings. The third kappa shape index (κ3) is 4.63. The molecule has 1 aromatic heterocycles. The predicted octanol–water partition coefficient (Wildman–Crippen LogP) is 2.38. The van der Waals surface area contributed by atoms with Crippen molar-refractivity contribution in [3.8, 4) is 0 Å². The predicted molar refractivity (Wildman–Crippen MR) is 84.5 cm³/mol. The van der Waals surface area contributed by atoms with Crippen molar-refractivity contribution < 1.29 is 5.11 Å². The van der Waals surface area contributed by atoms with Gasteiger partial charge in [-0.1, -0.05) is 6.92 Å². The summed E-state index contributed by atoms with van der Waals surface area (Å²) in [6.07, 6.45) is 3.83. The van der Waals surface area contributed by atoms with Crippen molar-refractivity contribution in [3.05, 3.63) is 11.4 Å². The molecule has 0 aliphatic heterocycles. The summed E-state index contributed by atoms with van der Waals surface area (Å²) in [5.41, 5.74) is 1.11. The Morgan fingerprint density at radius 2 is 1.90 bits per heavy atom. The van der Waals surface area contributed by atoms with Crippen LogP contribution in [0.3, 0.4) is 0 Å². The van der Waals surface area contributed by atoms with Crippen LogP contribution in [0.4, 0.5) is 11.6 Å². The van der Waals surface area contributed by atoms with E-state index in [0.29, 0.717) is 0 Å². The number of aliphatic hydroxyl groups excluding tert-OH is 1. The standard InChI is InChI=1S/C15H28N4O/c1-5-13-17-14(16-6-2)12(3)15(18-13)19(4)10-8-7-9-11-20/h20H,5-11H2,1-4H3,(H,16,17,18). The van der Waals surface area contributed by atoms with Gasteiger partial charge in [0.05, 0.1) is 0 Å². The van der Waals surface area contributed by atoms with Crippen molar-refractivity contribution in [3.63, 3.8) is 0 Å². The molecule has 0 aliphatic rings. The summed E-state index contributed by atoms with van der Waals surface area (Å²) in [6, 6.07) is 0. The molecule has 0 saturated heterocycles. The molecular weight excluding hydrogens is 252 g/mol. The topological polar surface area (TPSA) is 61.3 Å². The third-order valence-electron chi connectivity index (χ3n) is 3.34. The summed E-state index contributed by atoms with van der Waals surface area (Å²) in [6.45, 7) is 8.31. The van der Waals surface area contributed by atoms with Crippen LogP contribution in [0.5, 0.6) is 0 Å². The Balaban J connectivity index is 2.83. The van der Waals surface area contributed by atoms with Gasteiger partial charge in [0, 0.05) is 38.7 Å². The summed E-state index contributed by atoms with van der Waals surface area (Å²) in [5.74, 6) is 2.83. The average molecular weight is 280 g/mol. The third-order valence-corrected chi connectivity index (χ3v) is 3.34. The minimum atomic E-state index is 0.279. The summed E-state index contributed by atoms with van der Waals surface area (Å²) in [4.78, 5) is 11.4. The van der Waals surface area contributed by atoms with Gasteiger partial charge in [0.15, 0.2) is 0 Å². The maximum Gasteiger partial charge on any atom is 0.137 e. The van der Waals surface area contributed by atoms with E-state index >= 15 is 0 Å².